The second-order valence-corrected chi connectivity index (χ2v) is 5.24. The summed E-state index contributed by atoms with van der Waals surface area (Å²) in [6.07, 6.45) is 4.49. The van der Waals surface area contributed by atoms with Crippen LogP contribution in [0.25, 0.3) is 0 Å². The number of hydrogen-bond acceptors (Lipinski definition) is 2. The lowest BCUT2D eigenvalue weighted by atomic mass is 9.96. The van der Waals surface area contributed by atoms with Crippen molar-refractivity contribution >= 4 is 5.91 Å². The lowest BCUT2D eigenvalue weighted by Gasteiger charge is -2.15. The Morgan fingerprint density at radius 1 is 1.26 bits per heavy atom. The third-order valence-electron chi connectivity index (χ3n) is 3.59. The Bertz CT molecular complexity index is 387. The summed E-state index contributed by atoms with van der Waals surface area (Å²) in [4.78, 5) is 12.2. The number of amides is 1. The Balaban J connectivity index is 1.70. The molecule has 0 radical (unpaired) electrons. The fourth-order valence-electron chi connectivity index (χ4n) is 2.27. The first-order chi connectivity index (χ1) is 9.31. The molecule has 2 rings (SSSR count). The Kier molecular flexibility index (Phi) is 5.40. The maximum atomic E-state index is 12.2. The third kappa shape index (κ3) is 4.67. The van der Waals surface area contributed by atoms with Crippen LogP contribution >= 0.6 is 0 Å². The van der Waals surface area contributed by atoms with E-state index in [1.54, 1.807) is 0 Å². The molecule has 1 aliphatic carbocycles. The highest BCUT2D eigenvalue weighted by Gasteiger charge is 2.20. The lowest BCUT2D eigenvalue weighted by Crippen LogP contribution is -2.31. The molecule has 0 bridgehead atoms. The largest absolute Gasteiger partial charge is 0.356 e. The van der Waals surface area contributed by atoms with E-state index in [1.807, 2.05) is 30.3 Å². The van der Waals surface area contributed by atoms with Crippen LogP contribution in [0, 0.1) is 0 Å². The highest BCUT2D eigenvalue weighted by Crippen LogP contribution is 2.19. The van der Waals surface area contributed by atoms with Crippen LogP contribution in [0.4, 0.5) is 0 Å². The third-order valence-corrected chi connectivity index (χ3v) is 3.59. The summed E-state index contributed by atoms with van der Waals surface area (Å²) in [6.45, 7) is 3.83. The molecule has 0 aliphatic heterocycles. The molecule has 104 valence electrons. The van der Waals surface area contributed by atoms with Crippen molar-refractivity contribution in [2.24, 2.45) is 0 Å². The first-order valence-electron chi connectivity index (χ1n) is 7.37. The normalized spacial score (nSPS) is 16.1. The average Bonchev–Trinajstić information content (AvgIpc) is 3.24. The molecular formula is C16H24N2O. The Morgan fingerprint density at radius 2 is 2.00 bits per heavy atom. The maximum absolute atomic E-state index is 12.2. The minimum atomic E-state index is -0.0161. The van der Waals surface area contributed by atoms with Crippen LogP contribution in [0.1, 0.15) is 44.1 Å². The van der Waals surface area contributed by atoms with Crippen LogP contribution in [0.2, 0.25) is 0 Å². The van der Waals surface area contributed by atoms with Gasteiger partial charge in [0, 0.05) is 12.6 Å². The molecule has 1 aliphatic rings. The predicted molar refractivity (Wildman–Crippen MR) is 78.1 cm³/mol. The van der Waals surface area contributed by atoms with Crippen molar-refractivity contribution in [2.75, 3.05) is 13.1 Å². The number of carbonyl (C=O) groups excluding carboxylic acids is 1. The van der Waals surface area contributed by atoms with Gasteiger partial charge in [-0.15, -0.1) is 0 Å². The summed E-state index contributed by atoms with van der Waals surface area (Å²) in [7, 11) is 0. The van der Waals surface area contributed by atoms with Gasteiger partial charge in [-0.25, -0.2) is 0 Å². The first-order valence-corrected chi connectivity index (χ1v) is 7.37. The minimum absolute atomic E-state index is 0.0161. The van der Waals surface area contributed by atoms with Crippen LogP contribution in [0.5, 0.6) is 0 Å². The van der Waals surface area contributed by atoms with Crippen LogP contribution in [-0.2, 0) is 4.79 Å². The fraction of sp³-hybridized carbons (Fsp3) is 0.562. The quantitative estimate of drug-likeness (QED) is 0.705. The molecule has 1 aromatic carbocycles. The second-order valence-electron chi connectivity index (χ2n) is 5.24. The molecule has 0 heterocycles. The minimum Gasteiger partial charge on any atom is -0.356 e. The van der Waals surface area contributed by atoms with E-state index in [2.05, 4.69) is 17.6 Å². The van der Waals surface area contributed by atoms with Crippen LogP contribution < -0.4 is 10.6 Å². The van der Waals surface area contributed by atoms with Gasteiger partial charge in [-0.3, -0.25) is 4.79 Å². The van der Waals surface area contributed by atoms with Gasteiger partial charge in [-0.2, -0.15) is 0 Å². The van der Waals surface area contributed by atoms with Crippen molar-refractivity contribution in [2.45, 2.75) is 44.6 Å². The summed E-state index contributed by atoms with van der Waals surface area (Å²) in [5.74, 6) is 0.137. The van der Waals surface area contributed by atoms with E-state index in [0.717, 1.165) is 37.5 Å². The molecule has 1 unspecified atom stereocenters. The smallest absolute Gasteiger partial charge is 0.227 e. The zero-order chi connectivity index (χ0) is 13.5. The van der Waals surface area contributed by atoms with E-state index < -0.39 is 0 Å². The van der Waals surface area contributed by atoms with Crippen molar-refractivity contribution < 1.29 is 4.79 Å². The Morgan fingerprint density at radius 3 is 2.63 bits per heavy atom. The zero-order valence-electron chi connectivity index (χ0n) is 11.7. The molecule has 0 saturated heterocycles. The molecular weight excluding hydrogens is 236 g/mol. The van der Waals surface area contributed by atoms with Crippen molar-refractivity contribution in [3.05, 3.63) is 35.9 Å². The standard InChI is InChI=1S/C16H24N2O/c1-2-15(13-7-4-3-5-8-13)16(19)18-12-6-11-17-14-9-10-14/h3-5,7-8,14-15,17H,2,6,9-12H2,1H3,(H,18,19). The average molecular weight is 260 g/mol. The van der Waals surface area contributed by atoms with Crippen LogP contribution in [0.15, 0.2) is 30.3 Å². The first kappa shape index (κ1) is 14.1. The van der Waals surface area contributed by atoms with Crippen LogP contribution in [-0.4, -0.2) is 25.0 Å². The van der Waals surface area contributed by atoms with Gasteiger partial charge in [0.15, 0.2) is 0 Å². The summed E-state index contributed by atoms with van der Waals surface area (Å²) in [5, 5.41) is 6.50. The molecule has 19 heavy (non-hydrogen) atoms. The topological polar surface area (TPSA) is 41.1 Å². The summed E-state index contributed by atoms with van der Waals surface area (Å²) in [6, 6.07) is 10.8. The van der Waals surface area contributed by atoms with E-state index >= 15 is 0 Å². The maximum Gasteiger partial charge on any atom is 0.227 e. The monoisotopic (exact) mass is 260 g/mol. The van der Waals surface area contributed by atoms with E-state index in [1.165, 1.54) is 12.8 Å². The van der Waals surface area contributed by atoms with E-state index in [4.69, 9.17) is 0 Å². The number of hydrogen-bond donors (Lipinski definition) is 2. The van der Waals surface area contributed by atoms with Gasteiger partial charge in [0.1, 0.15) is 0 Å². The Hall–Kier alpha value is -1.35. The highest BCUT2D eigenvalue weighted by atomic mass is 16.1. The van der Waals surface area contributed by atoms with Gasteiger partial charge in [0.25, 0.3) is 0 Å². The molecule has 2 N–H and O–H groups in total. The van der Waals surface area contributed by atoms with Crippen molar-refractivity contribution in [1.29, 1.82) is 0 Å². The van der Waals surface area contributed by atoms with Gasteiger partial charge in [0.2, 0.25) is 5.91 Å². The zero-order valence-corrected chi connectivity index (χ0v) is 11.7. The van der Waals surface area contributed by atoms with Gasteiger partial charge in [-0.1, -0.05) is 37.3 Å². The molecule has 3 heteroatoms. The number of carbonyl (C=O) groups is 1. The van der Waals surface area contributed by atoms with Crippen LogP contribution in [0.3, 0.4) is 0 Å². The summed E-state index contributed by atoms with van der Waals surface area (Å²) < 4.78 is 0. The molecule has 3 nitrogen and oxygen atoms in total. The number of nitrogens with one attached hydrogen (secondary N) is 2. The van der Waals surface area contributed by atoms with E-state index in [-0.39, 0.29) is 11.8 Å². The Labute approximate surface area is 115 Å². The molecule has 1 saturated carbocycles. The number of benzene rings is 1. The molecule has 0 aromatic heterocycles. The second kappa shape index (κ2) is 7.29. The van der Waals surface area contributed by atoms with Gasteiger partial charge in [0.05, 0.1) is 5.92 Å². The molecule has 1 aromatic rings. The number of rotatable bonds is 8. The van der Waals surface area contributed by atoms with Gasteiger partial charge in [-0.05, 0) is 37.8 Å². The van der Waals surface area contributed by atoms with Crippen molar-refractivity contribution in [3.63, 3.8) is 0 Å². The summed E-state index contributed by atoms with van der Waals surface area (Å²) in [5.41, 5.74) is 1.11. The SMILES string of the molecule is CCC(C(=O)NCCCNC1CC1)c1ccccc1. The highest BCUT2D eigenvalue weighted by molar-refractivity contribution is 5.83. The van der Waals surface area contributed by atoms with E-state index in [0.29, 0.717) is 0 Å². The lowest BCUT2D eigenvalue weighted by molar-refractivity contribution is -0.122. The summed E-state index contributed by atoms with van der Waals surface area (Å²) >= 11 is 0. The predicted octanol–water partition coefficient (Wildman–Crippen LogP) is 2.44. The van der Waals surface area contributed by atoms with Gasteiger partial charge < -0.3 is 10.6 Å². The molecule has 1 atom stereocenters. The van der Waals surface area contributed by atoms with Crippen molar-refractivity contribution in [3.8, 4) is 0 Å². The van der Waals surface area contributed by atoms with Crippen molar-refractivity contribution in [1.82, 2.24) is 10.6 Å². The molecule has 1 amide bonds. The molecule has 0 spiro atoms. The fourth-order valence-corrected chi connectivity index (χ4v) is 2.27. The molecule has 1 fully saturated rings. The van der Waals surface area contributed by atoms with E-state index in [9.17, 15) is 4.79 Å². The van der Waals surface area contributed by atoms with Gasteiger partial charge >= 0.3 is 0 Å².